The average Bonchev–Trinajstić information content (AvgIpc) is 3.06. The Morgan fingerprint density at radius 3 is 2.67 bits per heavy atom. The Labute approximate surface area is 192 Å². The van der Waals surface area contributed by atoms with Crippen LogP contribution in [-0.2, 0) is 11.2 Å². The summed E-state index contributed by atoms with van der Waals surface area (Å²) in [5, 5.41) is 11.2. The van der Waals surface area contributed by atoms with Gasteiger partial charge in [-0.3, -0.25) is 9.89 Å². The second-order valence-electron chi connectivity index (χ2n) is 8.33. The topological polar surface area (TPSA) is 79.5 Å². The lowest BCUT2D eigenvalue weighted by Gasteiger charge is -2.13. The van der Waals surface area contributed by atoms with Gasteiger partial charge in [-0.15, -0.1) is 0 Å². The quantitative estimate of drug-likeness (QED) is 0.471. The molecule has 2 N–H and O–H groups in total. The molecule has 0 spiro atoms. The lowest BCUT2D eigenvalue weighted by molar-refractivity contribution is -0.115. The molecule has 0 saturated heterocycles. The van der Waals surface area contributed by atoms with Crippen LogP contribution in [0.2, 0.25) is 0 Å². The van der Waals surface area contributed by atoms with Gasteiger partial charge in [0, 0.05) is 31.6 Å². The van der Waals surface area contributed by atoms with E-state index in [1.165, 1.54) is 0 Å². The fourth-order valence-corrected chi connectivity index (χ4v) is 3.93. The van der Waals surface area contributed by atoms with E-state index in [0.717, 1.165) is 45.5 Å². The van der Waals surface area contributed by atoms with Crippen LogP contribution in [0.1, 0.15) is 12.0 Å². The van der Waals surface area contributed by atoms with Crippen LogP contribution < -0.4 is 19.7 Å². The van der Waals surface area contributed by atoms with E-state index in [4.69, 9.17) is 9.47 Å². The SMILES string of the molecule is CN(C)c1cccc(-c2ccc3[nH]nc(NC(=O)Cc4ccc5c(c4)OCCCO5)c3c2)c1. The summed E-state index contributed by atoms with van der Waals surface area (Å²) in [7, 11) is 4.05. The monoisotopic (exact) mass is 442 g/mol. The smallest absolute Gasteiger partial charge is 0.230 e. The summed E-state index contributed by atoms with van der Waals surface area (Å²) in [4.78, 5) is 14.9. The molecule has 1 aliphatic heterocycles. The number of benzene rings is 3. The zero-order valence-electron chi connectivity index (χ0n) is 18.7. The van der Waals surface area contributed by atoms with E-state index in [9.17, 15) is 4.79 Å². The Hall–Kier alpha value is -4.00. The van der Waals surface area contributed by atoms with E-state index >= 15 is 0 Å². The van der Waals surface area contributed by atoms with E-state index < -0.39 is 0 Å². The van der Waals surface area contributed by atoms with E-state index in [-0.39, 0.29) is 12.3 Å². The van der Waals surface area contributed by atoms with Crippen molar-refractivity contribution in [1.29, 1.82) is 0 Å². The highest BCUT2D eigenvalue weighted by atomic mass is 16.5. The minimum Gasteiger partial charge on any atom is -0.490 e. The van der Waals surface area contributed by atoms with Crippen LogP contribution in [0.3, 0.4) is 0 Å². The van der Waals surface area contributed by atoms with Crippen molar-refractivity contribution in [2.45, 2.75) is 12.8 Å². The number of rotatable bonds is 5. The Bertz CT molecular complexity index is 1310. The first-order chi connectivity index (χ1) is 16.1. The number of fused-ring (bicyclic) bond motifs is 2. The molecule has 0 fully saturated rings. The number of nitrogens with zero attached hydrogens (tertiary/aromatic N) is 2. The fourth-order valence-electron chi connectivity index (χ4n) is 3.93. The van der Waals surface area contributed by atoms with Crippen molar-refractivity contribution in [1.82, 2.24) is 10.2 Å². The van der Waals surface area contributed by atoms with E-state index in [2.05, 4.69) is 50.7 Å². The maximum atomic E-state index is 12.8. The highest BCUT2D eigenvalue weighted by Crippen LogP contribution is 2.31. The van der Waals surface area contributed by atoms with E-state index in [0.29, 0.717) is 24.8 Å². The van der Waals surface area contributed by atoms with Crippen LogP contribution in [0.25, 0.3) is 22.0 Å². The molecule has 7 nitrogen and oxygen atoms in total. The van der Waals surface area contributed by atoms with Gasteiger partial charge in [0.05, 0.1) is 25.2 Å². The molecule has 1 aromatic heterocycles. The van der Waals surface area contributed by atoms with Crippen molar-refractivity contribution in [3.05, 3.63) is 66.2 Å². The van der Waals surface area contributed by atoms with Crippen LogP contribution in [0.4, 0.5) is 11.5 Å². The first-order valence-corrected chi connectivity index (χ1v) is 11.0. The van der Waals surface area contributed by atoms with Gasteiger partial charge < -0.3 is 19.7 Å². The zero-order valence-corrected chi connectivity index (χ0v) is 18.7. The number of aromatic amines is 1. The second-order valence-corrected chi connectivity index (χ2v) is 8.33. The number of aromatic nitrogens is 2. The fraction of sp³-hybridized carbons (Fsp3) is 0.231. The summed E-state index contributed by atoms with van der Waals surface area (Å²) in [6.07, 6.45) is 1.06. The standard InChI is InChI=1S/C26H26N4O3/c1-30(2)20-6-3-5-18(15-20)19-8-9-22-21(16-19)26(29-28-22)27-25(31)14-17-7-10-23-24(13-17)33-12-4-11-32-23/h3,5-10,13,15-16H,4,11-12,14H2,1-2H3,(H2,27,28,29,31). The molecule has 0 atom stereocenters. The van der Waals surface area contributed by atoms with Crippen LogP contribution >= 0.6 is 0 Å². The molecule has 0 aliphatic carbocycles. The van der Waals surface area contributed by atoms with Crippen molar-refractivity contribution in [3.8, 4) is 22.6 Å². The molecule has 2 heterocycles. The van der Waals surface area contributed by atoms with Crippen molar-refractivity contribution < 1.29 is 14.3 Å². The molecule has 1 amide bonds. The van der Waals surface area contributed by atoms with Crippen molar-refractivity contribution in [2.75, 3.05) is 37.5 Å². The van der Waals surface area contributed by atoms with Crippen molar-refractivity contribution in [3.63, 3.8) is 0 Å². The van der Waals surface area contributed by atoms with Gasteiger partial charge in [-0.25, -0.2) is 0 Å². The Morgan fingerprint density at radius 2 is 1.82 bits per heavy atom. The predicted molar refractivity (Wildman–Crippen MR) is 130 cm³/mol. The maximum Gasteiger partial charge on any atom is 0.230 e. The summed E-state index contributed by atoms with van der Waals surface area (Å²) in [5.41, 5.74) is 5.02. The average molecular weight is 443 g/mol. The number of hydrogen-bond donors (Lipinski definition) is 2. The number of amides is 1. The van der Waals surface area contributed by atoms with Crippen LogP contribution in [-0.4, -0.2) is 43.4 Å². The number of anilines is 2. The lowest BCUT2D eigenvalue weighted by atomic mass is 10.0. The molecule has 0 radical (unpaired) electrons. The highest BCUT2D eigenvalue weighted by molar-refractivity contribution is 6.01. The molecule has 0 bridgehead atoms. The molecule has 5 rings (SSSR count). The molecule has 1 aliphatic rings. The van der Waals surface area contributed by atoms with Gasteiger partial charge in [-0.2, -0.15) is 5.10 Å². The Morgan fingerprint density at radius 1 is 1.00 bits per heavy atom. The summed E-state index contributed by atoms with van der Waals surface area (Å²) in [6.45, 7) is 1.25. The third-order valence-electron chi connectivity index (χ3n) is 5.69. The second kappa shape index (κ2) is 8.86. The van der Waals surface area contributed by atoms with Crippen LogP contribution in [0, 0.1) is 0 Å². The summed E-state index contributed by atoms with van der Waals surface area (Å²) in [5.74, 6) is 1.79. The minimum atomic E-state index is -0.141. The maximum absolute atomic E-state index is 12.8. The Balaban J connectivity index is 1.36. The number of carbonyl (C=O) groups is 1. The largest absolute Gasteiger partial charge is 0.490 e. The van der Waals surface area contributed by atoms with Crippen LogP contribution in [0.5, 0.6) is 11.5 Å². The third-order valence-corrected chi connectivity index (χ3v) is 5.69. The lowest BCUT2D eigenvalue weighted by Crippen LogP contribution is -2.15. The first-order valence-electron chi connectivity index (χ1n) is 11.0. The molecular weight excluding hydrogens is 416 g/mol. The number of nitrogens with one attached hydrogen (secondary N) is 2. The molecule has 0 unspecified atom stereocenters. The Kier molecular flexibility index (Phi) is 5.60. The third kappa shape index (κ3) is 4.48. The van der Waals surface area contributed by atoms with Gasteiger partial charge >= 0.3 is 0 Å². The summed E-state index contributed by atoms with van der Waals surface area (Å²) < 4.78 is 11.4. The molecule has 7 heteroatoms. The number of ether oxygens (including phenoxy) is 2. The van der Waals surface area contributed by atoms with Crippen molar-refractivity contribution >= 4 is 28.3 Å². The van der Waals surface area contributed by atoms with Gasteiger partial charge in [0.2, 0.25) is 5.91 Å². The highest BCUT2D eigenvalue weighted by Gasteiger charge is 2.15. The zero-order chi connectivity index (χ0) is 22.8. The van der Waals surface area contributed by atoms with Gasteiger partial charge in [0.15, 0.2) is 17.3 Å². The molecular formula is C26H26N4O3. The normalized spacial score (nSPS) is 12.9. The van der Waals surface area contributed by atoms with Crippen LogP contribution in [0.15, 0.2) is 60.7 Å². The first kappa shape index (κ1) is 20.9. The molecule has 168 valence electrons. The van der Waals surface area contributed by atoms with E-state index in [1.54, 1.807) is 0 Å². The van der Waals surface area contributed by atoms with Gasteiger partial charge in [-0.1, -0.05) is 24.3 Å². The number of hydrogen-bond acceptors (Lipinski definition) is 5. The van der Waals surface area contributed by atoms with Gasteiger partial charge in [0.25, 0.3) is 0 Å². The minimum absolute atomic E-state index is 0.141. The van der Waals surface area contributed by atoms with Crippen molar-refractivity contribution in [2.24, 2.45) is 0 Å². The van der Waals surface area contributed by atoms with Gasteiger partial charge in [0.1, 0.15) is 0 Å². The molecule has 3 aromatic carbocycles. The summed E-state index contributed by atoms with van der Waals surface area (Å²) >= 11 is 0. The van der Waals surface area contributed by atoms with Gasteiger partial charge in [-0.05, 0) is 53.1 Å². The van der Waals surface area contributed by atoms with E-state index in [1.807, 2.05) is 44.4 Å². The summed E-state index contributed by atoms with van der Waals surface area (Å²) in [6, 6.07) is 20.1. The number of carbonyl (C=O) groups excluding carboxylic acids is 1. The predicted octanol–water partition coefficient (Wildman–Crippen LogP) is 4.64. The molecule has 33 heavy (non-hydrogen) atoms. The number of H-pyrrole nitrogens is 1. The molecule has 0 saturated carbocycles. The molecule has 4 aromatic rings.